The number of aryl methyl sites for hydroxylation is 2. The van der Waals surface area contributed by atoms with E-state index in [1.54, 1.807) is 11.3 Å². The van der Waals surface area contributed by atoms with Crippen LogP contribution in [0.3, 0.4) is 0 Å². The smallest absolute Gasteiger partial charge is 0.261 e. The number of carbonyl (C=O) groups is 2. The van der Waals surface area contributed by atoms with Gasteiger partial charge in [-0.2, -0.15) is 0 Å². The quantitative estimate of drug-likeness (QED) is 0.877. The number of rotatable bonds is 4. The molecule has 2 amide bonds. The second kappa shape index (κ2) is 7.01. The van der Waals surface area contributed by atoms with Crippen molar-refractivity contribution >= 4 is 23.2 Å². The van der Waals surface area contributed by atoms with Crippen LogP contribution in [-0.2, 0) is 17.6 Å². The average molecular weight is 335 g/mol. The number of hydrogen-bond donors (Lipinski definition) is 2. The molecule has 2 unspecified atom stereocenters. The normalized spacial score (nSPS) is 23.7. The summed E-state index contributed by atoms with van der Waals surface area (Å²) in [6.07, 6.45) is 5.52. The van der Waals surface area contributed by atoms with E-state index >= 15 is 0 Å². The number of hydrogen-bond acceptors (Lipinski definition) is 4. The molecule has 0 bridgehead atoms. The molecule has 0 radical (unpaired) electrons. The van der Waals surface area contributed by atoms with Crippen LogP contribution in [0, 0.1) is 5.92 Å². The number of carbonyl (C=O) groups excluding carboxylic acids is 2. The standard InChI is InChI=1S/C17H25N3O2S/c1-11-6-12(8-18)10-20(11)16(21)9-19-17(22)15-7-13-4-2-3-5-14(13)23-15/h7,11-12H,2-6,8-10,18H2,1H3,(H,19,22). The summed E-state index contributed by atoms with van der Waals surface area (Å²) in [4.78, 5) is 28.5. The molecule has 3 N–H and O–H groups in total. The van der Waals surface area contributed by atoms with Crippen LogP contribution in [0.5, 0.6) is 0 Å². The van der Waals surface area contributed by atoms with Crippen LogP contribution >= 0.6 is 11.3 Å². The SMILES string of the molecule is CC1CC(CN)CN1C(=O)CNC(=O)c1cc2c(s1)CCCC2. The third-order valence-electron chi connectivity index (χ3n) is 4.94. The Labute approximate surface area is 141 Å². The van der Waals surface area contributed by atoms with Crippen LogP contribution in [0.25, 0.3) is 0 Å². The number of fused-ring (bicyclic) bond motifs is 1. The maximum atomic E-state index is 12.3. The Bertz CT molecular complexity index is 575. The second-order valence-corrected chi connectivity index (χ2v) is 7.82. The molecular formula is C17H25N3O2S. The highest BCUT2D eigenvalue weighted by Gasteiger charge is 2.31. The molecule has 0 spiro atoms. The summed E-state index contributed by atoms with van der Waals surface area (Å²) in [5.41, 5.74) is 7.01. The van der Waals surface area contributed by atoms with Gasteiger partial charge in [-0.05, 0) is 63.1 Å². The lowest BCUT2D eigenvalue weighted by molar-refractivity contribution is -0.130. The van der Waals surface area contributed by atoms with E-state index in [0.29, 0.717) is 19.0 Å². The van der Waals surface area contributed by atoms with Crippen LogP contribution in [0.2, 0.25) is 0 Å². The predicted molar refractivity (Wildman–Crippen MR) is 91.6 cm³/mol. The first-order valence-electron chi connectivity index (χ1n) is 8.47. The van der Waals surface area contributed by atoms with Gasteiger partial charge in [0.05, 0.1) is 11.4 Å². The number of nitrogens with one attached hydrogen (secondary N) is 1. The Kier molecular flexibility index (Phi) is 5.02. The molecule has 1 aliphatic carbocycles. The molecule has 1 aromatic rings. The monoisotopic (exact) mass is 335 g/mol. The van der Waals surface area contributed by atoms with Gasteiger partial charge in [-0.25, -0.2) is 0 Å². The summed E-state index contributed by atoms with van der Waals surface area (Å²) >= 11 is 1.58. The molecule has 2 atom stereocenters. The minimum Gasteiger partial charge on any atom is -0.342 e. The fourth-order valence-electron chi connectivity index (χ4n) is 3.61. The van der Waals surface area contributed by atoms with E-state index < -0.39 is 0 Å². The summed E-state index contributed by atoms with van der Waals surface area (Å²) in [5.74, 6) is 0.247. The molecule has 126 valence electrons. The lowest BCUT2D eigenvalue weighted by atomic mass is 9.99. The summed E-state index contributed by atoms with van der Waals surface area (Å²) in [6.45, 7) is 3.44. The van der Waals surface area contributed by atoms with Gasteiger partial charge in [0, 0.05) is 17.5 Å². The number of nitrogens with two attached hydrogens (primary N) is 1. The first-order valence-corrected chi connectivity index (χ1v) is 9.29. The van der Waals surface area contributed by atoms with E-state index in [-0.39, 0.29) is 24.4 Å². The summed E-state index contributed by atoms with van der Waals surface area (Å²) in [7, 11) is 0. The second-order valence-electron chi connectivity index (χ2n) is 6.68. The number of amides is 2. The highest BCUT2D eigenvalue weighted by molar-refractivity contribution is 7.14. The van der Waals surface area contributed by atoms with E-state index in [0.717, 1.165) is 24.1 Å². The number of thiophene rings is 1. The van der Waals surface area contributed by atoms with Crippen LogP contribution in [0.4, 0.5) is 0 Å². The summed E-state index contributed by atoms with van der Waals surface area (Å²) in [5, 5.41) is 2.79. The highest BCUT2D eigenvalue weighted by atomic mass is 32.1. The van der Waals surface area contributed by atoms with Crippen LogP contribution in [0.15, 0.2) is 6.07 Å². The zero-order chi connectivity index (χ0) is 16.4. The van der Waals surface area contributed by atoms with Crippen molar-refractivity contribution in [2.45, 2.75) is 45.1 Å². The fraction of sp³-hybridized carbons (Fsp3) is 0.647. The Hall–Kier alpha value is -1.40. The predicted octanol–water partition coefficient (Wildman–Crippen LogP) is 1.55. The zero-order valence-electron chi connectivity index (χ0n) is 13.6. The molecule has 1 aromatic heterocycles. The minimum atomic E-state index is -0.125. The van der Waals surface area contributed by atoms with E-state index in [1.807, 2.05) is 17.9 Å². The molecule has 1 saturated heterocycles. The molecule has 1 aliphatic heterocycles. The average Bonchev–Trinajstić information content (AvgIpc) is 3.15. The molecule has 6 heteroatoms. The Morgan fingerprint density at radius 1 is 1.39 bits per heavy atom. The van der Waals surface area contributed by atoms with Gasteiger partial charge >= 0.3 is 0 Å². The molecule has 2 aliphatic rings. The van der Waals surface area contributed by atoms with Gasteiger partial charge in [-0.3, -0.25) is 9.59 Å². The van der Waals surface area contributed by atoms with Crippen molar-refractivity contribution in [2.24, 2.45) is 11.7 Å². The maximum Gasteiger partial charge on any atom is 0.261 e. The van der Waals surface area contributed by atoms with Crippen molar-refractivity contribution in [3.63, 3.8) is 0 Å². The highest BCUT2D eigenvalue weighted by Crippen LogP contribution is 2.29. The maximum absolute atomic E-state index is 12.3. The first-order chi connectivity index (χ1) is 11.1. The summed E-state index contributed by atoms with van der Waals surface area (Å²) < 4.78 is 0. The van der Waals surface area contributed by atoms with E-state index in [1.165, 1.54) is 23.3 Å². The molecular weight excluding hydrogens is 310 g/mol. The summed E-state index contributed by atoms with van der Waals surface area (Å²) in [6, 6.07) is 2.21. The third kappa shape index (κ3) is 3.58. The molecule has 23 heavy (non-hydrogen) atoms. The molecule has 3 rings (SSSR count). The van der Waals surface area contributed by atoms with Crippen molar-refractivity contribution in [1.82, 2.24) is 10.2 Å². The topological polar surface area (TPSA) is 75.4 Å². The molecule has 1 fully saturated rings. The third-order valence-corrected chi connectivity index (χ3v) is 6.17. The fourth-order valence-corrected chi connectivity index (χ4v) is 4.78. The van der Waals surface area contributed by atoms with Gasteiger partial charge in [-0.15, -0.1) is 11.3 Å². The van der Waals surface area contributed by atoms with Crippen LogP contribution < -0.4 is 11.1 Å². The molecule has 0 saturated carbocycles. The minimum absolute atomic E-state index is 0.0110. The molecule has 5 nitrogen and oxygen atoms in total. The first kappa shape index (κ1) is 16.5. The van der Waals surface area contributed by atoms with E-state index in [9.17, 15) is 9.59 Å². The van der Waals surface area contributed by atoms with Crippen molar-refractivity contribution in [3.8, 4) is 0 Å². The Morgan fingerprint density at radius 3 is 2.87 bits per heavy atom. The van der Waals surface area contributed by atoms with Gasteiger partial charge in [0.1, 0.15) is 0 Å². The van der Waals surface area contributed by atoms with Gasteiger partial charge in [0.25, 0.3) is 5.91 Å². The zero-order valence-corrected chi connectivity index (χ0v) is 14.5. The Balaban J connectivity index is 1.54. The van der Waals surface area contributed by atoms with Gasteiger partial charge in [0.2, 0.25) is 5.91 Å². The number of likely N-dealkylation sites (tertiary alicyclic amines) is 1. The molecule has 0 aromatic carbocycles. The van der Waals surface area contributed by atoms with Crippen molar-refractivity contribution in [1.29, 1.82) is 0 Å². The van der Waals surface area contributed by atoms with Crippen molar-refractivity contribution < 1.29 is 9.59 Å². The van der Waals surface area contributed by atoms with E-state index in [4.69, 9.17) is 5.73 Å². The van der Waals surface area contributed by atoms with Crippen molar-refractivity contribution in [2.75, 3.05) is 19.6 Å². The van der Waals surface area contributed by atoms with E-state index in [2.05, 4.69) is 5.32 Å². The Morgan fingerprint density at radius 2 is 2.17 bits per heavy atom. The molecule has 2 heterocycles. The van der Waals surface area contributed by atoms with Gasteiger partial charge < -0.3 is 16.0 Å². The van der Waals surface area contributed by atoms with Crippen LogP contribution in [-0.4, -0.2) is 42.4 Å². The lowest BCUT2D eigenvalue weighted by Crippen LogP contribution is -2.42. The van der Waals surface area contributed by atoms with Gasteiger partial charge in [-0.1, -0.05) is 0 Å². The largest absolute Gasteiger partial charge is 0.342 e. The number of nitrogens with zero attached hydrogens (tertiary/aromatic N) is 1. The lowest BCUT2D eigenvalue weighted by Gasteiger charge is -2.21. The van der Waals surface area contributed by atoms with Crippen molar-refractivity contribution in [3.05, 3.63) is 21.4 Å². The van der Waals surface area contributed by atoms with Gasteiger partial charge in [0.15, 0.2) is 0 Å². The van der Waals surface area contributed by atoms with Crippen LogP contribution in [0.1, 0.15) is 46.3 Å².